The first kappa shape index (κ1) is 31.1. The van der Waals surface area contributed by atoms with Crippen LogP contribution in [0.4, 0.5) is 17.1 Å². The number of nitrogens with zero attached hydrogens (tertiary/aromatic N) is 1. The molecule has 2 nitrogen and oxygen atoms in total. The fourth-order valence-electron chi connectivity index (χ4n) is 9.15. The maximum Gasteiger partial charge on any atom is 0.135 e. The maximum atomic E-state index is 6.27. The Bertz CT molecular complexity index is 3090. The lowest BCUT2D eigenvalue weighted by Gasteiger charge is -2.37. The number of fused-ring (bicyclic) bond motifs is 14. The van der Waals surface area contributed by atoms with Crippen molar-refractivity contribution in [1.29, 1.82) is 0 Å². The summed E-state index contributed by atoms with van der Waals surface area (Å²) in [5.74, 6) is 0. The van der Waals surface area contributed by atoms with Crippen LogP contribution in [0.1, 0.15) is 21.6 Å². The smallest absolute Gasteiger partial charge is 0.135 e. The van der Waals surface area contributed by atoms with Crippen LogP contribution in [0.25, 0.3) is 54.3 Å². The molecule has 10 aromatic rings. The number of benzene rings is 8. The Morgan fingerprint density at radius 1 is 0.436 bits per heavy atom. The van der Waals surface area contributed by atoms with E-state index < -0.39 is 0 Å². The quantitative estimate of drug-likeness (QED) is 0.179. The lowest BCUT2D eigenvalue weighted by atomic mass is 9.71. The van der Waals surface area contributed by atoms with Crippen LogP contribution in [0.15, 0.2) is 202 Å². The summed E-state index contributed by atoms with van der Waals surface area (Å²) in [7, 11) is 0. The second-order valence-corrected chi connectivity index (χ2v) is 16.5. The van der Waals surface area contributed by atoms with Gasteiger partial charge in [-0.3, -0.25) is 0 Å². The van der Waals surface area contributed by atoms with Gasteiger partial charge in [-0.2, -0.15) is 0 Å². The van der Waals surface area contributed by atoms with Gasteiger partial charge in [-0.25, -0.2) is 0 Å². The maximum absolute atomic E-state index is 6.27. The Morgan fingerprint density at radius 2 is 1.04 bits per heavy atom. The molecule has 2 aliphatic rings. The van der Waals surface area contributed by atoms with Crippen molar-refractivity contribution < 1.29 is 4.42 Å². The van der Waals surface area contributed by atoms with Gasteiger partial charge in [-0.1, -0.05) is 145 Å². The number of hydrogen-bond acceptors (Lipinski definition) is 4. The summed E-state index contributed by atoms with van der Waals surface area (Å²) in [6.07, 6.45) is 0. The van der Waals surface area contributed by atoms with Crippen LogP contribution >= 0.6 is 23.1 Å². The Morgan fingerprint density at radius 3 is 1.84 bits per heavy atom. The Balaban J connectivity index is 1.08. The first-order chi connectivity index (χ1) is 27.3. The van der Waals surface area contributed by atoms with E-state index in [9.17, 15) is 0 Å². The molecule has 4 heteroatoms. The van der Waals surface area contributed by atoms with E-state index in [0.29, 0.717) is 0 Å². The topological polar surface area (TPSA) is 16.4 Å². The number of thiophene rings is 1. The molecule has 0 amide bonds. The Kier molecular flexibility index (Phi) is 6.68. The molecule has 0 saturated carbocycles. The number of anilines is 3. The SMILES string of the molecule is c1ccc(-c2ccc(N(c3ccc4c5c(sc4c3)C3(c4ccccc4S5)c4ccccc4-c4ccccc43)c3ccc4oc5ccccc5c4c3)cc2)cc1. The van der Waals surface area contributed by atoms with E-state index in [2.05, 4.69) is 181 Å². The average Bonchev–Trinajstić information content (AvgIpc) is 3.90. The fraction of sp³-hybridized carbons (Fsp3) is 0.0196. The van der Waals surface area contributed by atoms with Gasteiger partial charge in [0.1, 0.15) is 11.2 Å². The van der Waals surface area contributed by atoms with Crippen LogP contribution in [0.2, 0.25) is 0 Å². The van der Waals surface area contributed by atoms with E-state index >= 15 is 0 Å². The molecule has 1 aliphatic carbocycles. The summed E-state index contributed by atoms with van der Waals surface area (Å²) in [6, 6.07) is 68.7. The predicted octanol–water partition coefficient (Wildman–Crippen LogP) is 14.8. The van der Waals surface area contributed by atoms with E-state index in [1.807, 2.05) is 35.2 Å². The van der Waals surface area contributed by atoms with Gasteiger partial charge in [0.25, 0.3) is 0 Å². The third-order valence-corrected chi connectivity index (χ3v) is 14.1. The fourth-order valence-corrected chi connectivity index (χ4v) is 12.1. The van der Waals surface area contributed by atoms with Crippen molar-refractivity contribution in [2.45, 2.75) is 15.2 Å². The van der Waals surface area contributed by atoms with Crippen molar-refractivity contribution in [3.63, 3.8) is 0 Å². The first-order valence-electron chi connectivity index (χ1n) is 18.7. The van der Waals surface area contributed by atoms with Crippen LogP contribution in [0.3, 0.4) is 0 Å². The molecule has 0 bridgehead atoms. The third kappa shape index (κ3) is 4.44. The molecule has 1 aliphatic heterocycles. The standard InChI is InChI=1S/C51H31NOS2/c1-2-12-32(13-3-1)33-22-24-34(25-23-33)52(35-27-29-46-41(30-35)39-16-6-10-20-45(39)53-46)36-26-28-40-48(31-36)55-50-49(40)54-47-21-11-9-19-44(47)51(50)42-17-7-4-14-37(42)38-15-5-8-18-43(38)51/h1-31H. The summed E-state index contributed by atoms with van der Waals surface area (Å²) in [6.45, 7) is 0. The van der Waals surface area contributed by atoms with Crippen LogP contribution in [0.5, 0.6) is 0 Å². The minimum absolute atomic E-state index is 0.380. The third-order valence-electron chi connectivity index (χ3n) is 11.5. The molecule has 0 fully saturated rings. The minimum Gasteiger partial charge on any atom is -0.456 e. The normalized spacial score (nSPS) is 13.5. The highest BCUT2D eigenvalue weighted by molar-refractivity contribution is 8.00. The van der Waals surface area contributed by atoms with Gasteiger partial charge >= 0.3 is 0 Å². The minimum atomic E-state index is -0.380. The summed E-state index contributed by atoms with van der Waals surface area (Å²) >= 11 is 3.88. The molecule has 0 N–H and O–H groups in total. The molecule has 0 saturated heterocycles. The number of rotatable bonds is 4. The molecular weight excluding hydrogens is 707 g/mol. The first-order valence-corrected chi connectivity index (χ1v) is 20.3. The number of para-hydroxylation sites is 1. The molecule has 0 atom stereocenters. The number of furan rings is 1. The van der Waals surface area contributed by atoms with Crippen LogP contribution in [-0.2, 0) is 5.41 Å². The zero-order valence-corrected chi connectivity index (χ0v) is 31.2. The summed E-state index contributed by atoms with van der Waals surface area (Å²) in [5.41, 5.74) is 13.9. The molecule has 0 unspecified atom stereocenters. The summed E-state index contributed by atoms with van der Waals surface area (Å²) in [5, 5.41) is 3.54. The van der Waals surface area contributed by atoms with Crippen molar-refractivity contribution in [2.75, 3.05) is 4.90 Å². The highest BCUT2D eigenvalue weighted by Gasteiger charge is 2.51. The highest BCUT2D eigenvalue weighted by Crippen LogP contribution is 2.65. The molecule has 2 aromatic heterocycles. The zero-order chi connectivity index (χ0) is 36.1. The van der Waals surface area contributed by atoms with E-state index in [1.165, 1.54) is 63.7 Å². The van der Waals surface area contributed by atoms with E-state index in [1.54, 1.807) is 0 Å². The number of hydrogen-bond donors (Lipinski definition) is 0. The molecule has 8 aromatic carbocycles. The van der Waals surface area contributed by atoms with E-state index in [0.717, 1.165) is 39.0 Å². The van der Waals surface area contributed by atoms with E-state index in [4.69, 9.17) is 4.42 Å². The van der Waals surface area contributed by atoms with Crippen molar-refractivity contribution in [1.82, 2.24) is 0 Å². The van der Waals surface area contributed by atoms with Crippen molar-refractivity contribution in [3.05, 3.63) is 210 Å². The second kappa shape index (κ2) is 11.8. The van der Waals surface area contributed by atoms with Crippen molar-refractivity contribution in [2.24, 2.45) is 0 Å². The Labute approximate surface area is 326 Å². The van der Waals surface area contributed by atoms with Gasteiger partial charge in [0.15, 0.2) is 0 Å². The molecule has 55 heavy (non-hydrogen) atoms. The second-order valence-electron chi connectivity index (χ2n) is 14.4. The van der Waals surface area contributed by atoms with Gasteiger partial charge in [0.2, 0.25) is 0 Å². The summed E-state index contributed by atoms with van der Waals surface area (Å²) < 4.78 is 7.55. The molecule has 0 radical (unpaired) electrons. The monoisotopic (exact) mass is 737 g/mol. The van der Waals surface area contributed by atoms with Gasteiger partial charge in [-0.05, 0) is 93.5 Å². The lowest BCUT2D eigenvalue weighted by molar-refractivity contribution is 0.669. The molecule has 12 rings (SSSR count). The van der Waals surface area contributed by atoms with Crippen LogP contribution in [0, 0.1) is 0 Å². The summed E-state index contributed by atoms with van der Waals surface area (Å²) in [4.78, 5) is 6.49. The highest BCUT2D eigenvalue weighted by atomic mass is 32.2. The van der Waals surface area contributed by atoms with Gasteiger partial charge in [0.05, 0.1) is 5.41 Å². The van der Waals surface area contributed by atoms with Crippen LogP contribution in [-0.4, -0.2) is 0 Å². The van der Waals surface area contributed by atoms with Gasteiger partial charge in [-0.15, -0.1) is 11.3 Å². The predicted molar refractivity (Wildman–Crippen MR) is 231 cm³/mol. The average molecular weight is 738 g/mol. The molecule has 3 heterocycles. The van der Waals surface area contributed by atoms with Gasteiger partial charge < -0.3 is 9.32 Å². The Hall–Kier alpha value is -6.33. The molecule has 1 spiro atoms. The zero-order valence-electron chi connectivity index (χ0n) is 29.6. The molecular formula is C51H31NOS2. The molecule has 258 valence electrons. The van der Waals surface area contributed by atoms with Crippen molar-refractivity contribution >= 4 is 72.2 Å². The largest absolute Gasteiger partial charge is 0.456 e. The lowest BCUT2D eigenvalue weighted by Crippen LogP contribution is -2.30. The van der Waals surface area contributed by atoms with Crippen LogP contribution < -0.4 is 4.90 Å². The van der Waals surface area contributed by atoms with Crippen molar-refractivity contribution in [3.8, 4) is 22.3 Å². The van der Waals surface area contributed by atoms with Gasteiger partial charge in [0, 0.05) is 52.6 Å². The van der Waals surface area contributed by atoms with E-state index in [-0.39, 0.29) is 5.41 Å².